The molecule has 1 saturated heterocycles. The first kappa shape index (κ1) is 21.0. The molecule has 0 radical (unpaired) electrons. The van der Waals surface area contributed by atoms with Gasteiger partial charge in [-0.15, -0.1) is 5.10 Å². The van der Waals surface area contributed by atoms with Crippen molar-refractivity contribution < 1.29 is 14.4 Å². The van der Waals surface area contributed by atoms with Gasteiger partial charge in [0.05, 0.1) is 18.4 Å². The number of carbonyl (C=O) groups excluding carboxylic acids is 3. The summed E-state index contributed by atoms with van der Waals surface area (Å²) < 4.78 is 3.57. The molecule has 174 valence electrons. The molecule has 3 amide bonds. The number of hydrogen-bond donors (Lipinski definition) is 1. The van der Waals surface area contributed by atoms with Gasteiger partial charge in [-0.1, -0.05) is 23.4 Å². The summed E-state index contributed by atoms with van der Waals surface area (Å²) in [5.41, 5.74) is 5.02. The van der Waals surface area contributed by atoms with Gasteiger partial charge in [0.25, 0.3) is 5.91 Å². The van der Waals surface area contributed by atoms with Gasteiger partial charge in [-0.3, -0.25) is 19.7 Å². The Morgan fingerprint density at radius 1 is 1.06 bits per heavy atom. The molecule has 2 aliphatic heterocycles. The van der Waals surface area contributed by atoms with E-state index in [4.69, 9.17) is 0 Å². The van der Waals surface area contributed by atoms with Crippen LogP contribution in [0.1, 0.15) is 34.3 Å². The molecule has 6 rings (SSSR count). The zero-order valence-electron chi connectivity index (χ0n) is 18.7. The third-order valence-electron chi connectivity index (χ3n) is 6.41. The lowest BCUT2D eigenvalue weighted by atomic mass is 10.0. The fraction of sp³-hybridized carbons (Fsp3) is 0.200. The quantitative estimate of drug-likeness (QED) is 0.449. The molecule has 10 nitrogen and oxygen atoms in total. The molecular formula is C25H21N7O3. The second-order valence-electron chi connectivity index (χ2n) is 8.69. The summed E-state index contributed by atoms with van der Waals surface area (Å²) in [4.78, 5) is 38.2. The van der Waals surface area contributed by atoms with Gasteiger partial charge in [-0.2, -0.15) is 5.10 Å². The highest BCUT2D eigenvalue weighted by Gasteiger charge is 2.39. The molecule has 0 spiro atoms. The highest BCUT2D eigenvalue weighted by atomic mass is 16.2. The Labute approximate surface area is 200 Å². The lowest BCUT2D eigenvalue weighted by Gasteiger charge is -2.29. The third-order valence-corrected chi connectivity index (χ3v) is 6.41. The maximum absolute atomic E-state index is 12.9. The van der Waals surface area contributed by atoms with E-state index in [2.05, 4.69) is 20.7 Å². The van der Waals surface area contributed by atoms with E-state index in [1.807, 2.05) is 54.9 Å². The van der Waals surface area contributed by atoms with Gasteiger partial charge >= 0.3 is 0 Å². The molecule has 4 aromatic rings. The number of rotatable bonds is 5. The number of imide groups is 1. The van der Waals surface area contributed by atoms with Crippen LogP contribution in [-0.2, 0) is 22.7 Å². The minimum atomic E-state index is -0.628. The monoisotopic (exact) mass is 467 g/mol. The van der Waals surface area contributed by atoms with Crippen LogP contribution in [0.2, 0.25) is 0 Å². The molecule has 1 fully saturated rings. The number of piperidine rings is 1. The fourth-order valence-corrected chi connectivity index (χ4v) is 4.60. The predicted octanol–water partition coefficient (Wildman–Crippen LogP) is 1.94. The van der Waals surface area contributed by atoms with Crippen LogP contribution in [0.25, 0.3) is 16.9 Å². The summed E-state index contributed by atoms with van der Waals surface area (Å²) in [7, 11) is 0. The number of aromatic nitrogens is 5. The maximum atomic E-state index is 12.9. The largest absolute Gasteiger partial charge is 0.322 e. The first-order valence-corrected chi connectivity index (χ1v) is 11.3. The molecule has 1 N–H and O–H groups in total. The standard InChI is InChI=1S/C25H21N7O3/c33-23-9-8-22(24(34)27-23)31-14-18-12-17(4-7-20(18)25(31)35)21-15-30(29-28-21)13-16-2-5-19(6-3-16)32-11-1-10-26-32/h1-7,10-12,15,22H,8-9,13-14H2,(H,27,33,34). The second-order valence-corrected chi connectivity index (χ2v) is 8.69. The zero-order chi connectivity index (χ0) is 23.9. The van der Waals surface area contributed by atoms with Crippen molar-refractivity contribution in [2.75, 3.05) is 0 Å². The van der Waals surface area contributed by atoms with E-state index < -0.39 is 11.9 Å². The number of benzene rings is 2. The molecule has 2 aromatic heterocycles. The number of amides is 3. The first-order chi connectivity index (χ1) is 17.0. The van der Waals surface area contributed by atoms with E-state index in [0.717, 1.165) is 22.4 Å². The summed E-state index contributed by atoms with van der Waals surface area (Å²) in [6.45, 7) is 0.893. The van der Waals surface area contributed by atoms with Crippen LogP contribution >= 0.6 is 0 Å². The molecule has 0 saturated carbocycles. The van der Waals surface area contributed by atoms with E-state index in [1.165, 1.54) is 0 Å². The van der Waals surface area contributed by atoms with Crippen LogP contribution in [0, 0.1) is 0 Å². The van der Waals surface area contributed by atoms with Gasteiger partial charge in [0.1, 0.15) is 11.7 Å². The molecule has 1 atom stereocenters. The Morgan fingerprint density at radius 2 is 1.91 bits per heavy atom. The molecule has 0 aliphatic carbocycles. The number of nitrogens with one attached hydrogen (secondary N) is 1. The summed E-state index contributed by atoms with van der Waals surface area (Å²) in [6, 6.07) is 14.9. The normalized spacial score (nSPS) is 17.5. The Balaban J connectivity index is 1.17. The van der Waals surface area contributed by atoms with Crippen molar-refractivity contribution in [3.63, 3.8) is 0 Å². The molecule has 4 heterocycles. The predicted molar refractivity (Wildman–Crippen MR) is 124 cm³/mol. The SMILES string of the molecule is O=C1CCC(N2Cc3cc(-c4cn(Cc5ccc(-n6cccn6)cc5)nn4)ccc3C2=O)C(=O)N1. The lowest BCUT2D eigenvalue weighted by molar-refractivity contribution is -0.136. The fourth-order valence-electron chi connectivity index (χ4n) is 4.60. The lowest BCUT2D eigenvalue weighted by Crippen LogP contribution is -2.52. The molecule has 2 aromatic carbocycles. The van der Waals surface area contributed by atoms with Gasteiger partial charge in [0, 0.05) is 36.5 Å². The van der Waals surface area contributed by atoms with Crippen molar-refractivity contribution >= 4 is 17.7 Å². The Kier molecular flexibility index (Phi) is 4.98. The highest BCUT2D eigenvalue weighted by Crippen LogP contribution is 2.30. The van der Waals surface area contributed by atoms with Gasteiger partial charge in [-0.05, 0) is 47.9 Å². The van der Waals surface area contributed by atoms with E-state index in [-0.39, 0.29) is 18.2 Å². The van der Waals surface area contributed by atoms with Crippen molar-refractivity contribution in [1.29, 1.82) is 0 Å². The maximum Gasteiger partial charge on any atom is 0.255 e. The van der Waals surface area contributed by atoms with Crippen molar-refractivity contribution in [1.82, 2.24) is 35.0 Å². The number of nitrogens with zero attached hydrogens (tertiary/aromatic N) is 6. The molecule has 1 unspecified atom stereocenters. The first-order valence-electron chi connectivity index (χ1n) is 11.3. The van der Waals surface area contributed by atoms with Crippen molar-refractivity contribution in [3.05, 3.63) is 83.8 Å². The minimum absolute atomic E-state index is 0.191. The van der Waals surface area contributed by atoms with Crippen LogP contribution in [0.15, 0.2) is 67.1 Å². The second kappa shape index (κ2) is 8.32. The Bertz CT molecular complexity index is 1440. The van der Waals surface area contributed by atoms with Gasteiger partial charge in [0.15, 0.2) is 0 Å². The van der Waals surface area contributed by atoms with Crippen molar-refractivity contribution in [2.45, 2.75) is 32.0 Å². The topological polar surface area (TPSA) is 115 Å². The molecular weight excluding hydrogens is 446 g/mol. The number of fused-ring (bicyclic) bond motifs is 1. The third kappa shape index (κ3) is 3.88. The average Bonchev–Trinajstić information content (AvgIpc) is 3.61. The van der Waals surface area contributed by atoms with Gasteiger partial charge in [0.2, 0.25) is 11.8 Å². The van der Waals surface area contributed by atoms with Crippen LogP contribution in [0.3, 0.4) is 0 Å². The van der Waals surface area contributed by atoms with Crippen LogP contribution in [0.4, 0.5) is 0 Å². The molecule has 0 bridgehead atoms. The molecule has 35 heavy (non-hydrogen) atoms. The van der Waals surface area contributed by atoms with E-state index in [0.29, 0.717) is 30.8 Å². The molecule has 10 heteroatoms. The summed E-state index contributed by atoms with van der Waals surface area (Å²) in [6.07, 6.45) is 6.09. The highest BCUT2D eigenvalue weighted by molar-refractivity contribution is 6.05. The number of carbonyl (C=O) groups is 3. The average molecular weight is 467 g/mol. The Hall–Kier alpha value is -4.60. The van der Waals surface area contributed by atoms with E-state index in [1.54, 1.807) is 26.5 Å². The van der Waals surface area contributed by atoms with Gasteiger partial charge in [-0.25, -0.2) is 9.36 Å². The Morgan fingerprint density at radius 3 is 2.69 bits per heavy atom. The zero-order valence-corrected chi connectivity index (χ0v) is 18.7. The van der Waals surface area contributed by atoms with Crippen molar-refractivity contribution in [2.24, 2.45) is 0 Å². The summed E-state index contributed by atoms with van der Waals surface area (Å²) >= 11 is 0. The van der Waals surface area contributed by atoms with Gasteiger partial charge < -0.3 is 4.90 Å². The summed E-state index contributed by atoms with van der Waals surface area (Å²) in [5.74, 6) is -0.902. The number of hydrogen-bond acceptors (Lipinski definition) is 6. The van der Waals surface area contributed by atoms with Crippen LogP contribution in [-0.4, -0.2) is 53.4 Å². The van der Waals surface area contributed by atoms with E-state index in [9.17, 15) is 14.4 Å². The van der Waals surface area contributed by atoms with Crippen LogP contribution < -0.4 is 5.32 Å². The minimum Gasteiger partial charge on any atom is -0.322 e. The smallest absolute Gasteiger partial charge is 0.255 e. The van der Waals surface area contributed by atoms with Crippen LogP contribution in [0.5, 0.6) is 0 Å². The van der Waals surface area contributed by atoms with E-state index >= 15 is 0 Å². The molecule has 2 aliphatic rings. The van der Waals surface area contributed by atoms with Crippen molar-refractivity contribution in [3.8, 4) is 16.9 Å². The summed E-state index contributed by atoms with van der Waals surface area (Å²) in [5, 5.41) is 15.1.